The normalized spacial score (nSPS) is 12.8. The van der Waals surface area contributed by atoms with Crippen molar-refractivity contribution in [1.29, 1.82) is 0 Å². The molecule has 2 atom stereocenters. The standard InChI is InChI=1S/C32H39Cl2N3O4S/c1-5-24(3)35-32(39)30(21-25-14-7-6-8-15-25)36(22-26-27(33)16-11-17-28(26)34)31(38)19-12-20-37(42(4,40)41)29-18-10-9-13-23(29)2/h6-11,13-18,24,30H,5,12,19-22H2,1-4H3,(H,35,39)/t24-,30+/m0/s1. The summed E-state index contributed by atoms with van der Waals surface area (Å²) in [4.78, 5) is 29.2. The molecule has 7 nitrogen and oxygen atoms in total. The maximum absolute atomic E-state index is 14.0. The minimum absolute atomic E-state index is 0.0157. The van der Waals surface area contributed by atoms with Crippen LogP contribution in [0.2, 0.25) is 10.0 Å². The maximum Gasteiger partial charge on any atom is 0.243 e. The van der Waals surface area contributed by atoms with Crippen LogP contribution >= 0.6 is 23.2 Å². The molecule has 0 bridgehead atoms. The van der Waals surface area contributed by atoms with E-state index in [0.29, 0.717) is 21.3 Å². The SMILES string of the molecule is CC[C@H](C)NC(=O)[C@@H](Cc1ccccc1)N(Cc1c(Cl)cccc1Cl)C(=O)CCCN(c1ccccc1C)S(C)(=O)=O. The molecule has 0 saturated heterocycles. The molecule has 42 heavy (non-hydrogen) atoms. The van der Waals surface area contributed by atoms with E-state index in [2.05, 4.69) is 5.32 Å². The van der Waals surface area contributed by atoms with Crippen molar-refractivity contribution >= 4 is 50.7 Å². The van der Waals surface area contributed by atoms with Gasteiger partial charge in [0, 0.05) is 47.6 Å². The van der Waals surface area contributed by atoms with Gasteiger partial charge in [-0.3, -0.25) is 13.9 Å². The Bertz CT molecular complexity index is 1450. The Balaban J connectivity index is 1.94. The summed E-state index contributed by atoms with van der Waals surface area (Å²) in [5.41, 5.74) is 2.82. The molecule has 0 spiro atoms. The Hall–Kier alpha value is -3.07. The van der Waals surface area contributed by atoms with Crippen LogP contribution in [0.3, 0.4) is 0 Å². The molecule has 226 valence electrons. The molecule has 0 radical (unpaired) electrons. The molecule has 3 rings (SSSR count). The van der Waals surface area contributed by atoms with E-state index in [4.69, 9.17) is 23.2 Å². The highest BCUT2D eigenvalue weighted by atomic mass is 35.5. The second kappa shape index (κ2) is 15.4. The Kier molecular flexibility index (Phi) is 12.3. The quantitative estimate of drug-likeness (QED) is 0.223. The molecule has 1 N–H and O–H groups in total. The first-order valence-electron chi connectivity index (χ1n) is 14.0. The van der Waals surface area contributed by atoms with Crippen LogP contribution < -0.4 is 9.62 Å². The van der Waals surface area contributed by atoms with Gasteiger partial charge in [0.1, 0.15) is 6.04 Å². The van der Waals surface area contributed by atoms with E-state index in [1.807, 2.05) is 63.2 Å². The third-order valence-corrected chi connectivity index (χ3v) is 9.09. The molecular formula is C32H39Cl2N3O4S. The van der Waals surface area contributed by atoms with Crippen LogP contribution in [0.4, 0.5) is 5.69 Å². The van der Waals surface area contributed by atoms with Crippen molar-refractivity contribution in [1.82, 2.24) is 10.2 Å². The Morgan fingerprint density at radius 2 is 1.55 bits per heavy atom. The lowest BCUT2D eigenvalue weighted by Gasteiger charge is -2.33. The van der Waals surface area contributed by atoms with Crippen molar-refractivity contribution in [3.8, 4) is 0 Å². The van der Waals surface area contributed by atoms with Crippen molar-refractivity contribution in [3.63, 3.8) is 0 Å². The second-order valence-corrected chi connectivity index (χ2v) is 13.2. The highest BCUT2D eigenvalue weighted by molar-refractivity contribution is 7.92. The van der Waals surface area contributed by atoms with E-state index in [9.17, 15) is 18.0 Å². The minimum atomic E-state index is -3.60. The first-order valence-corrected chi connectivity index (χ1v) is 16.6. The number of carbonyl (C=O) groups excluding carboxylic acids is 2. The van der Waals surface area contributed by atoms with E-state index in [-0.39, 0.29) is 50.2 Å². The van der Waals surface area contributed by atoms with Crippen LogP contribution in [0.15, 0.2) is 72.8 Å². The molecule has 3 aromatic carbocycles. The average Bonchev–Trinajstić information content (AvgIpc) is 2.94. The molecule has 10 heteroatoms. The lowest BCUT2D eigenvalue weighted by molar-refractivity contribution is -0.141. The van der Waals surface area contributed by atoms with Crippen molar-refractivity contribution in [2.24, 2.45) is 0 Å². The van der Waals surface area contributed by atoms with E-state index in [0.717, 1.165) is 23.8 Å². The summed E-state index contributed by atoms with van der Waals surface area (Å²) in [6, 6.07) is 20.9. The molecule has 3 aromatic rings. The van der Waals surface area contributed by atoms with E-state index >= 15 is 0 Å². The number of hydrogen-bond donors (Lipinski definition) is 1. The van der Waals surface area contributed by atoms with Crippen molar-refractivity contribution < 1.29 is 18.0 Å². The number of anilines is 1. The van der Waals surface area contributed by atoms with Gasteiger partial charge >= 0.3 is 0 Å². The summed E-state index contributed by atoms with van der Waals surface area (Å²) in [6.45, 7) is 5.87. The van der Waals surface area contributed by atoms with Crippen LogP contribution in [0.25, 0.3) is 0 Å². The number of halogens is 2. The van der Waals surface area contributed by atoms with Crippen LogP contribution in [-0.2, 0) is 32.6 Å². The Morgan fingerprint density at radius 3 is 2.14 bits per heavy atom. The lowest BCUT2D eigenvalue weighted by atomic mass is 10.0. The van der Waals surface area contributed by atoms with Crippen molar-refractivity contribution in [2.75, 3.05) is 17.1 Å². The predicted molar refractivity (Wildman–Crippen MR) is 171 cm³/mol. The molecule has 0 unspecified atom stereocenters. The third kappa shape index (κ3) is 9.21. The number of nitrogens with one attached hydrogen (secondary N) is 1. The van der Waals surface area contributed by atoms with Crippen LogP contribution in [0, 0.1) is 6.92 Å². The fourth-order valence-electron chi connectivity index (χ4n) is 4.67. The lowest BCUT2D eigenvalue weighted by Crippen LogP contribution is -2.52. The van der Waals surface area contributed by atoms with Crippen LogP contribution in [0.5, 0.6) is 0 Å². The van der Waals surface area contributed by atoms with Gasteiger partial charge in [0.15, 0.2) is 0 Å². The molecule has 0 aliphatic rings. The zero-order chi connectivity index (χ0) is 30.9. The van der Waals surface area contributed by atoms with Crippen molar-refractivity contribution in [2.45, 2.75) is 65.1 Å². The third-order valence-electron chi connectivity index (χ3n) is 7.20. The Labute approximate surface area is 259 Å². The number of sulfonamides is 1. The highest BCUT2D eigenvalue weighted by Crippen LogP contribution is 2.28. The van der Waals surface area contributed by atoms with E-state index in [1.165, 1.54) is 9.21 Å². The number of amides is 2. The number of nitrogens with zero attached hydrogens (tertiary/aromatic N) is 2. The number of aryl methyl sites for hydroxylation is 1. The van der Waals surface area contributed by atoms with E-state index in [1.54, 1.807) is 30.3 Å². The number of hydrogen-bond acceptors (Lipinski definition) is 4. The molecule has 0 fully saturated rings. The van der Waals surface area contributed by atoms with Crippen molar-refractivity contribution in [3.05, 3.63) is 99.5 Å². The number of benzene rings is 3. The summed E-state index contributed by atoms with van der Waals surface area (Å²) in [5.74, 6) is -0.577. The minimum Gasteiger partial charge on any atom is -0.352 e. The zero-order valence-corrected chi connectivity index (χ0v) is 26.8. The van der Waals surface area contributed by atoms with Gasteiger partial charge in [0.2, 0.25) is 21.8 Å². The van der Waals surface area contributed by atoms with Gasteiger partial charge in [0.25, 0.3) is 0 Å². The Morgan fingerprint density at radius 1 is 0.929 bits per heavy atom. The van der Waals surface area contributed by atoms with Gasteiger partial charge in [-0.15, -0.1) is 0 Å². The fourth-order valence-corrected chi connectivity index (χ4v) is 6.21. The molecular weight excluding hydrogens is 593 g/mol. The van der Waals surface area contributed by atoms with Gasteiger partial charge in [0.05, 0.1) is 11.9 Å². The van der Waals surface area contributed by atoms with Crippen LogP contribution in [0.1, 0.15) is 49.8 Å². The van der Waals surface area contributed by atoms with Gasteiger partial charge < -0.3 is 10.2 Å². The monoisotopic (exact) mass is 631 g/mol. The number of rotatable bonds is 14. The van der Waals surface area contributed by atoms with E-state index < -0.39 is 16.1 Å². The summed E-state index contributed by atoms with van der Waals surface area (Å²) in [5, 5.41) is 3.82. The zero-order valence-electron chi connectivity index (χ0n) is 24.5. The maximum atomic E-state index is 14.0. The first-order chi connectivity index (χ1) is 19.9. The predicted octanol–water partition coefficient (Wildman–Crippen LogP) is 6.40. The molecule has 0 aromatic heterocycles. The largest absolute Gasteiger partial charge is 0.352 e. The van der Waals surface area contributed by atoms with Crippen LogP contribution in [-0.4, -0.2) is 50.0 Å². The molecule has 0 saturated carbocycles. The fraction of sp³-hybridized carbons (Fsp3) is 0.375. The van der Waals surface area contributed by atoms with Gasteiger partial charge in [-0.25, -0.2) is 8.42 Å². The number of carbonyl (C=O) groups is 2. The van der Waals surface area contributed by atoms with Gasteiger partial charge in [-0.1, -0.05) is 84.7 Å². The molecule has 0 heterocycles. The topological polar surface area (TPSA) is 86.8 Å². The molecule has 0 aliphatic heterocycles. The summed E-state index contributed by atoms with van der Waals surface area (Å²) < 4.78 is 26.7. The first kappa shape index (κ1) is 33.4. The summed E-state index contributed by atoms with van der Waals surface area (Å²) in [6.07, 6.45) is 2.44. The summed E-state index contributed by atoms with van der Waals surface area (Å²) in [7, 11) is -3.60. The second-order valence-electron chi connectivity index (χ2n) is 10.5. The molecule has 0 aliphatic carbocycles. The van der Waals surface area contributed by atoms with Gasteiger partial charge in [-0.05, 0) is 56.0 Å². The number of para-hydroxylation sites is 1. The molecule has 2 amide bonds. The highest BCUT2D eigenvalue weighted by Gasteiger charge is 2.32. The smallest absolute Gasteiger partial charge is 0.243 e. The average molecular weight is 633 g/mol. The summed E-state index contributed by atoms with van der Waals surface area (Å²) >= 11 is 13.0. The van der Waals surface area contributed by atoms with Gasteiger partial charge in [-0.2, -0.15) is 0 Å².